The van der Waals surface area contributed by atoms with E-state index in [1.807, 2.05) is 0 Å². The molecular formula is C18H20Br2ClFN4O2. The summed E-state index contributed by atoms with van der Waals surface area (Å²) in [6, 6.07) is 5.34. The van der Waals surface area contributed by atoms with Gasteiger partial charge in [0.2, 0.25) is 5.84 Å². The van der Waals surface area contributed by atoms with Gasteiger partial charge in [-0.3, -0.25) is 15.0 Å². The van der Waals surface area contributed by atoms with Gasteiger partial charge >= 0.3 is 6.03 Å². The molecule has 1 unspecified atom stereocenters. The zero-order chi connectivity index (χ0) is 20.5. The predicted octanol–water partition coefficient (Wildman–Crippen LogP) is 4.21. The Labute approximate surface area is 184 Å². The van der Waals surface area contributed by atoms with Crippen LogP contribution in [0.15, 0.2) is 29.3 Å². The van der Waals surface area contributed by atoms with Crippen LogP contribution in [0.3, 0.4) is 0 Å². The average molecular weight is 539 g/mol. The second kappa shape index (κ2) is 8.77. The Morgan fingerprint density at radius 3 is 2.57 bits per heavy atom. The molecule has 0 spiro atoms. The van der Waals surface area contributed by atoms with Gasteiger partial charge in [0.1, 0.15) is 15.2 Å². The molecule has 1 aromatic rings. The molecular weight excluding hydrogens is 518 g/mol. The molecule has 1 aliphatic carbocycles. The molecule has 0 radical (unpaired) electrons. The van der Waals surface area contributed by atoms with E-state index >= 15 is 0 Å². The lowest BCUT2D eigenvalue weighted by atomic mass is 10.2. The number of carbonyl (C=O) groups excluding carboxylic acids is 2. The first kappa shape index (κ1) is 21.7. The quantitative estimate of drug-likeness (QED) is 0.436. The van der Waals surface area contributed by atoms with Crippen LogP contribution in [0.1, 0.15) is 25.7 Å². The van der Waals surface area contributed by atoms with Crippen LogP contribution in [0.4, 0.5) is 14.9 Å². The van der Waals surface area contributed by atoms with Crippen LogP contribution in [-0.4, -0.2) is 51.0 Å². The molecule has 1 N–H and O–H groups in total. The molecule has 2 fully saturated rings. The topological polar surface area (TPSA) is 65.0 Å². The zero-order valence-corrected chi connectivity index (χ0v) is 19.1. The van der Waals surface area contributed by atoms with Gasteiger partial charge in [-0.05, 0) is 25.0 Å². The highest BCUT2D eigenvalue weighted by Crippen LogP contribution is 2.35. The van der Waals surface area contributed by atoms with E-state index in [0.29, 0.717) is 0 Å². The van der Waals surface area contributed by atoms with Crippen LogP contribution >= 0.6 is 43.5 Å². The molecule has 1 aromatic carbocycles. The summed E-state index contributed by atoms with van der Waals surface area (Å²) in [6.45, 7) is 0. The third-order valence-corrected chi connectivity index (χ3v) is 7.35. The summed E-state index contributed by atoms with van der Waals surface area (Å²) in [5, 5.41) is 3.40. The Bertz CT molecular complexity index is 802. The van der Waals surface area contributed by atoms with E-state index in [9.17, 15) is 14.0 Å². The fourth-order valence-corrected chi connectivity index (χ4v) is 3.92. The lowest BCUT2D eigenvalue weighted by molar-refractivity contribution is -0.119. The van der Waals surface area contributed by atoms with Crippen LogP contribution in [0.2, 0.25) is 0 Å². The minimum atomic E-state index is -0.845. The normalized spacial score (nSPS) is 21.2. The second-order valence-corrected chi connectivity index (χ2v) is 11.0. The van der Waals surface area contributed by atoms with Crippen molar-refractivity contribution in [3.8, 4) is 0 Å². The molecule has 1 saturated heterocycles. The number of hydrogen-bond donors (Lipinski definition) is 1. The first-order chi connectivity index (χ1) is 13.3. The number of carbonyl (C=O) groups is 2. The lowest BCUT2D eigenvalue weighted by Gasteiger charge is -2.30. The van der Waals surface area contributed by atoms with Crippen molar-refractivity contribution < 1.29 is 14.0 Å². The van der Waals surface area contributed by atoms with Crippen molar-refractivity contribution in [2.45, 2.75) is 41.1 Å². The fraction of sp³-hybridized carbons (Fsp3) is 0.500. The summed E-state index contributed by atoms with van der Waals surface area (Å²) in [5.41, 5.74) is -0.0239. The molecule has 1 aliphatic heterocycles. The van der Waals surface area contributed by atoms with Crippen molar-refractivity contribution >= 4 is 66.9 Å². The van der Waals surface area contributed by atoms with Gasteiger partial charge in [0.15, 0.2) is 0 Å². The Kier molecular flexibility index (Phi) is 6.79. The van der Waals surface area contributed by atoms with E-state index in [4.69, 9.17) is 11.6 Å². The maximum absolute atomic E-state index is 14.4. The number of halogens is 4. The van der Waals surface area contributed by atoms with Crippen molar-refractivity contribution in [2.75, 3.05) is 17.8 Å². The van der Waals surface area contributed by atoms with E-state index in [1.54, 1.807) is 6.07 Å². The first-order valence-electron chi connectivity index (χ1n) is 8.90. The number of nitrogens with one attached hydrogen (secondary N) is 1. The maximum atomic E-state index is 14.4. The number of hydrogen-bond acceptors (Lipinski definition) is 4. The summed E-state index contributed by atoms with van der Waals surface area (Å²) in [5.74, 6) is -1.22. The summed E-state index contributed by atoms with van der Waals surface area (Å²) < 4.78 is 13.5. The Hall–Kier alpha value is -1.03. The Morgan fingerprint density at radius 2 is 1.96 bits per heavy atom. The number of para-hydroxylation sites is 1. The molecule has 28 heavy (non-hydrogen) atoms. The molecule has 0 bridgehead atoms. The largest absolute Gasteiger partial charge is 0.337 e. The summed E-state index contributed by atoms with van der Waals surface area (Å²) in [7, 11) is 1.34. The van der Waals surface area contributed by atoms with E-state index in [0.717, 1.165) is 35.5 Å². The number of urea groups is 1. The molecule has 2 aliphatic rings. The van der Waals surface area contributed by atoms with Crippen molar-refractivity contribution in [2.24, 2.45) is 4.99 Å². The van der Waals surface area contributed by atoms with E-state index in [1.165, 1.54) is 25.2 Å². The van der Waals surface area contributed by atoms with Crippen LogP contribution in [-0.2, 0) is 4.79 Å². The van der Waals surface area contributed by atoms with Crippen molar-refractivity contribution in [1.29, 1.82) is 0 Å². The van der Waals surface area contributed by atoms with Crippen LogP contribution in [0, 0.1) is 5.82 Å². The fourth-order valence-electron chi connectivity index (χ4n) is 3.30. The van der Waals surface area contributed by atoms with Crippen molar-refractivity contribution in [3.05, 3.63) is 30.1 Å². The molecule has 6 nitrogen and oxygen atoms in total. The first-order valence-corrected chi connectivity index (χ1v) is 11.0. The van der Waals surface area contributed by atoms with Gasteiger partial charge in [-0.15, -0.1) is 11.6 Å². The third-order valence-electron chi connectivity index (χ3n) is 4.86. The number of aliphatic imine (C=N–C) groups is 1. The number of anilines is 1. The zero-order valence-electron chi connectivity index (χ0n) is 15.2. The monoisotopic (exact) mass is 536 g/mol. The number of nitrogens with zero attached hydrogens (tertiary/aromatic N) is 3. The number of alkyl halides is 3. The van der Waals surface area contributed by atoms with Gasteiger partial charge < -0.3 is 0 Å². The average Bonchev–Trinajstić information content (AvgIpc) is 3.25. The van der Waals surface area contributed by atoms with Gasteiger partial charge in [-0.1, -0.05) is 56.8 Å². The highest BCUT2D eigenvalue weighted by Gasteiger charge is 2.44. The number of amidine groups is 1. The van der Waals surface area contributed by atoms with E-state index in [-0.39, 0.29) is 23.4 Å². The summed E-state index contributed by atoms with van der Waals surface area (Å²) in [6.07, 6.45) is 3.55. The number of imide groups is 1. The summed E-state index contributed by atoms with van der Waals surface area (Å²) >= 11 is 13.1. The minimum absolute atomic E-state index is 0.0239. The molecule has 1 atom stereocenters. The smallest absolute Gasteiger partial charge is 0.291 e. The molecule has 3 amide bonds. The Morgan fingerprint density at radius 1 is 1.32 bits per heavy atom. The minimum Gasteiger partial charge on any atom is -0.291 e. The van der Waals surface area contributed by atoms with Gasteiger partial charge in [-0.2, -0.15) is 0 Å². The number of rotatable bonds is 6. The standard InChI is InChI=1S/C18H20Br2ClFN4O2/c1-25-15(27)14(26(17(25)28)13-9-5-4-8-12(13)22)24-16(18(19,20)10-21)23-11-6-2-3-7-11/h4-5,8-9,11,16,23H,2-3,6-7,10H2,1H3. The lowest BCUT2D eigenvalue weighted by Crippen LogP contribution is -2.48. The van der Waals surface area contributed by atoms with Crippen LogP contribution in [0.5, 0.6) is 0 Å². The SMILES string of the molecule is CN1C(=O)C(=NC(NC2CCCC2)C(Br)(Br)CCl)N(c2ccccc2F)C1=O. The van der Waals surface area contributed by atoms with Gasteiger partial charge in [-0.25, -0.2) is 19.1 Å². The maximum Gasteiger partial charge on any atom is 0.337 e. The van der Waals surface area contributed by atoms with Crippen molar-refractivity contribution in [1.82, 2.24) is 10.2 Å². The Balaban J connectivity index is 2.03. The van der Waals surface area contributed by atoms with Gasteiger partial charge in [0.25, 0.3) is 5.91 Å². The van der Waals surface area contributed by atoms with E-state index in [2.05, 4.69) is 42.2 Å². The highest BCUT2D eigenvalue weighted by molar-refractivity contribution is 9.25. The van der Waals surface area contributed by atoms with Crippen LogP contribution in [0.25, 0.3) is 0 Å². The van der Waals surface area contributed by atoms with Gasteiger partial charge in [0.05, 0.1) is 11.6 Å². The second-order valence-electron chi connectivity index (χ2n) is 6.83. The highest BCUT2D eigenvalue weighted by atomic mass is 79.9. The number of benzene rings is 1. The molecule has 0 aromatic heterocycles. The van der Waals surface area contributed by atoms with E-state index < -0.39 is 27.2 Å². The molecule has 152 valence electrons. The van der Waals surface area contributed by atoms with Crippen LogP contribution < -0.4 is 10.2 Å². The number of likely N-dealkylation sites (N-methyl/N-ethyl adjacent to an activating group) is 1. The molecule has 10 heteroatoms. The molecule has 1 heterocycles. The number of amides is 3. The third kappa shape index (κ3) is 4.27. The molecule has 1 saturated carbocycles. The van der Waals surface area contributed by atoms with Crippen molar-refractivity contribution in [3.63, 3.8) is 0 Å². The summed E-state index contributed by atoms with van der Waals surface area (Å²) in [4.78, 5) is 31.8. The molecule has 3 rings (SSSR count). The predicted molar refractivity (Wildman–Crippen MR) is 115 cm³/mol. The van der Waals surface area contributed by atoms with Gasteiger partial charge in [0, 0.05) is 13.1 Å².